The maximum atomic E-state index is 12.6. The summed E-state index contributed by atoms with van der Waals surface area (Å²) >= 11 is 0. The maximum Gasteiger partial charge on any atom is 0.418 e. The maximum absolute atomic E-state index is 12.6. The quantitative estimate of drug-likeness (QED) is 0.868. The third-order valence-corrected chi connectivity index (χ3v) is 3.28. The van der Waals surface area contributed by atoms with Crippen LogP contribution in [0.5, 0.6) is 0 Å². The molecule has 2 rings (SSSR count). The molecule has 100 valence electrons. The average molecular weight is 259 g/mol. The van der Waals surface area contributed by atoms with Gasteiger partial charge in [0, 0.05) is 17.3 Å². The Labute approximate surface area is 104 Å². The van der Waals surface area contributed by atoms with Crippen LogP contribution in [-0.4, -0.2) is 17.3 Å². The zero-order valence-electron chi connectivity index (χ0n) is 9.87. The topological polar surface area (TPSA) is 32.3 Å². The molecule has 1 atom stereocenters. The minimum absolute atomic E-state index is 0.100. The number of hydrogen-bond acceptors (Lipinski definition) is 2. The summed E-state index contributed by atoms with van der Waals surface area (Å²) < 4.78 is 37.7. The van der Waals surface area contributed by atoms with E-state index in [2.05, 4.69) is 5.32 Å². The van der Waals surface area contributed by atoms with Gasteiger partial charge >= 0.3 is 6.18 Å². The molecule has 0 bridgehead atoms. The summed E-state index contributed by atoms with van der Waals surface area (Å²) in [5.74, 6) is 0. The lowest BCUT2D eigenvalue weighted by molar-refractivity contribution is -0.206. The van der Waals surface area contributed by atoms with Crippen LogP contribution in [0.3, 0.4) is 0 Å². The largest absolute Gasteiger partial charge is 0.418 e. The predicted molar refractivity (Wildman–Crippen MR) is 63.3 cm³/mol. The average Bonchev–Trinajstić information content (AvgIpc) is 2.80. The molecule has 2 nitrogen and oxygen atoms in total. The molecule has 0 radical (unpaired) electrons. The molecule has 0 amide bonds. The van der Waals surface area contributed by atoms with E-state index in [-0.39, 0.29) is 11.6 Å². The molecule has 0 saturated heterocycles. The fourth-order valence-electron chi connectivity index (χ4n) is 2.33. The molecular weight excluding hydrogens is 243 g/mol. The van der Waals surface area contributed by atoms with Crippen LogP contribution in [-0.2, 0) is 0 Å². The van der Waals surface area contributed by atoms with Crippen molar-refractivity contribution in [2.45, 2.75) is 44.0 Å². The van der Waals surface area contributed by atoms with E-state index in [9.17, 15) is 18.3 Å². The molecule has 1 fully saturated rings. The Morgan fingerprint density at radius 1 is 1.17 bits per heavy atom. The minimum atomic E-state index is -4.63. The van der Waals surface area contributed by atoms with Crippen LogP contribution in [0.4, 0.5) is 18.9 Å². The molecule has 1 aliphatic rings. The number of halogens is 3. The first kappa shape index (κ1) is 13.2. The van der Waals surface area contributed by atoms with Gasteiger partial charge in [0.05, 0.1) is 0 Å². The lowest BCUT2D eigenvalue weighted by atomic mass is 10.1. The van der Waals surface area contributed by atoms with Crippen LogP contribution >= 0.6 is 0 Å². The smallest absolute Gasteiger partial charge is 0.382 e. The Kier molecular flexibility index (Phi) is 3.80. The predicted octanol–water partition coefficient (Wildman–Crippen LogP) is 3.64. The molecule has 0 heterocycles. The number of benzene rings is 1. The summed E-state index contributed by atoms with van der Waals surface area (Å²) in [6.07, 6.45) is -2.92. The van der Waals surface area contributed by atoms with E-state index in [1.807, 2.05) is 0 Å². The van der Waals surface area contributed by atoms with Crippen LogP contribution in [0.25, 0.3) is 0 Å². The Balaban J connectivity index is 2.19. The van der Waals surface area contributed by atoms with E-state index >= 15 is 0 Å². The summed E-state index contributed by atoms with van der Waals surface area (Å²) in [7, 11) is 0. The van der Waals surface area contributed by atoms with Gasteiger partial charge in [-0.1, -0.05) is 31.0 Å². The molecule has 0 aliphatic heterocycles. The van der Waals surface area contributed by atoms with Gasteiger partial charge in [0.2, 0.25) is 0 Å². The Morgan fingerprint density at radius 3 is 2.39 bits per heavy atom. The highest BCUT2D eigenvalue weighted by atomic mass is 19.4. The molecule has 0 spiro atoms. The number of hydrogen-bond donors (Lipinski definition) is 2. The highest BCUT2D eigenvalue weighted by Gasteiger charge is 2.40. The number of nitrogens with one attached hydrogen (secondary N) is 1. The first-order valence-corrected chi connectivity index (χ1v) is 6.09. The molecule has 5 heteroatoms. The Hall–Kier alpha value is -1.23. The molecule has 2 N–H and O–H groups in total. The highest BCUT2D eigenvalue weighted by molar-refractivity contribution is 5.53. The first-order chi connectivity index (χ1) is 8.48. The fourth-order valence-corrected chi connectivity index (χ4v) is 2.33. The van der Waals surface area contributed by atoms with Crippen LogP contribution < -0.4 is 5.32 Å². The van der Waals surface area contributed by atoms with Crippen LogP contribution in [0.2, 0.25) is 0 Å². The molecule has 1 aliphatic carbocycles. The van der Waals surface area contributed by atoms with Crippen molar-refractivity contribution in [1.82, 2.24) is 0 Å². The van der Waals surface area contributed by atoms with Gasteiger partial charge in [0.1, 0.15) is 0 Å². The summed E-state index contributed by atoms with van der Waals surface area (Å²) in [6, 6.07) is 6.29. The number of rotatable bonds is 3. The number of aliphatic hydroxyl groups is 1. The second-order valence-corrected chi connectivity index (χ2v) is 4.66. The van der Waals surface area contributed by atoms with Crippen molar-refractivity contribution in [3.8, 4) is 0 Å². The van der Waals surface area contributed by atoms with Crippen molar-refractivity contribution >= 4 is 5.69 Å². The lowest BCUT2D eigenvalue weighted by Gasteiger charge is -2.21. The van der Waals surface area contributed by atoms with E-state index in [0.29, 0.717) is 5.69 Å². The SMILES string of the molecule is OC(c1ccccc1NC1CCCC1)C(F)(F)F. The van der Waals surface area contributed by atoms with Gasteiger partial charge in [-0.3, -0.25) is 0 Å². The van der Waals surface area contributed by atoms with E-state index < -0.39 is 12.3 Å². The minimum Gasteiger partial charge on any atom is -0.382 e. The summed E-state index contributed by atoms with van der Waals surface area (Å²) in [5.41, 5.74) is 0.283. The van der Waals surface area contributed by atoms with Crippen molar-refractivity contribution in [3.05, 3.63) is 29.8 Å². The number of alkyl halides is 3. The van der Waals surface area contributed by atoms with Crippen molar-refractivity contribution in [3.63, 3.8) is 0 Å². The van der Waals surface area contributed by atoms with Gasteiger partial charge in [-0.2, -0.15) is 13.2 Å². The van der Waals surface area contributed by atoms with Crippen LogP contribution in [0.1, 0.15) is 37.4 Å². The van der Waals surface area contributed by atoms with E-state index in [1.165, 1.54) is 12.1 Å². The van der Waals surface area contributed by atoms with Gasteiger partial charge in [-0.05, 0) is 18.9 Å². The monoisotopic (exact) mass is 259 g/mol. The number of aliphatic hydroxyl groups excluding tert-OH is 1. The molecule has 18 heavy (non-hydrogen) atoms. The van der Waals surface area contributed by atoms with Gasteiger partial charge in [0.15, 0.2) is 6.10 Å². The normalized spacial score (nSPS) is 18.9. The number of anilines is 1. The van der Waals surface area contributed by atoms with E-state index in [1.54, 1.807) is 12.1 Å². The zero-order valence-corrected chi connectivity index (χ0v) is 9.87. The summed E-state index contributed by atoms with van der Waals surface area (Å²) in [5, 5.41) is 12.4. The molecule has 0 aromatic heterocycles. The van der Waals surface area contributed by atoms with Crippen molar-refractivity contribution in [2.24, 2.45) is 0 Å². The standard InChI is InChI=1S/C13H16F3NO/c14-13(15,16)12(18)10-7-3-4-8-11(10)17-9-5-1-2-6-9/h3-4,7-9,12,17-18H,1-2,5-6H2. The number of para-hydroxylation sites is 1. The van der Waals surface area contributed by atoms with Crippen molar-refractivity contribution < 1.29 is 18.3 Å². The summed E-state index contributed by atoms with van der Waals surface area (Å²) in [4.78, 5) is 0. The molecular formula is C13H16F3NO. The lowest BCUT2D eigenvalue weighted by Crippen LogP contribution is -2.23. The molecule has 1 aromatic rings. The second-order valence-electron chi connectivity index (χ2n) is 4.66. The van der Waals surface area contributed by atoms with Crippen LogP contribution in [0.15, 0.2) is 24.3 Å². The summed E-state index contributed by atoms with van der Waals surface area (Å²) in [6.45, 7) is 0. The third kappa shape index (κ3) is 2.96. The van der Waals surface area contributed by atoms with Crippen molar-refractivity contribution in [1.29, 1.82) is 0 Å². The van der Waals surface area contributed by atoms with Gasteiger partial charge in [-0.25, -0.2) is 0 Å². The van der Waals surface area contributed by atoms with E-state index in [4.69, 9.17) is 0 Å². The van der Waals surface area contributed by atoms with E-state index in [0.717, 1.165) is 25.7 Å². The molecule has 1 unspecified atom stereocenters. The van der Waals surface area contributed by atoms with Gasteiger partial charge in [-0.15, -0.1) is 0 Å². The fraction of sp³-hybridized carbons (Fsp3) is 0.538. The third-order valence-electron chi connectivity index (χ3n) is 3.28. The first-order valence-electron chi connectivity index (χ1n) is 6.09. The van der Waals surface area contributed by atoms with Crippen LogP contribution in [0, 0.1) is 0 Å². The molecule has 1 aromatic carbocycles. The van der Waals surface area contributed by atoms with Gasteiger partial charge < -0.3 is 10.4 Å². The Bertz CT molecular complexity index is 399. The highest BCUT2D eigenvalue weighted by Crippen LogP contribution is 2.36. The van der Waals surface area contributed by atoms with Gasteiger partial charge in [0.25, 0.3) is 0 Å². The Morgan fingerprint density at radius 2 is 1.78 bits per heavy atom. The second kappa shape index (κ2) is 5.18. The molecule has 1 saturated carbocycles. The zero-order chi connectivity index (χ0) is 13.2. The van der Waals surface area contributed by atoms with Crippen molar-refractivity contribution in [2.75, 3.05) is 5.32 Å².